The van der Waals surface area contributed by atoms with Gasteiger partial charge in [-0.1, -0.05) is 0 Å². The molecule has 22 heteroatoms. The second kappa shape index (κ2) is 11.2. The van der Waals surface area contributed by atoms with E-state index in [1.807, 2.05) is 0 Å². The van der Waals surface area contributed by atoms with E-state index in [0.717, 1.165) is 0 Å². The van der Waals surface area contributed by atoms with E-state index in [1.54, 1.807) is 0 Å². The maximum absolute atomic E-state index is 16.0. The van der Waals surface area contributed by atoms with Crippen molar-refractivity contribution in [1.29, 1.82) is 0 Å². The first-order valence-corrected chi connectivity index (χ1v) is 18.2. The van der Waals surface area contributed by atoms with Crippen LogP contribution in [0, 0.1) is 0 Å². The molecule has 5 N–H and O–H groups in total. The standard InChI is InChI=1S/C22H24FN7O10P2S2/c23-14-17-13(38-21(14)28-9-27-15-10(24)1-3-25-20(15)28)8-36-42(34,44)40-18-16(32)12(7-35-41(33,43)39-17)37-22(18)30-5-2-11(31)19-26-4-6-29(19)30/h1-6,9,12-14,16-18,21-22,32H,7-8H2,(H2,24,25)(H,33,43)(H,34,44)/t12-,13-,14+,16-,17-,18-,21-,22-,41?,42?/m1/s1. The van der Waals surface area contributed by atoms with Crippen molar-refractivity contribution in [2.24, 2.45) is 0 Å². The summed E-state index contributed by atoms with van der Waals surface area (Å²) < 4.78 is 54.4. The average molecular weight is 692 g/mol. The number of anilines is 1. The van der Waals surface area contributed by atoms with Crippen LogP contribution in [-0.2, 0) is 51.2 Å². The molecule has 0 spiro atoms. The van der Waals surface area contributed by atoms with E-state index in [-0.39, 0.29) is 16.7 Å². The van der Waals surface area contributed by atoms with Gasteiger partial charge in [-0.05, 0) is 29.7 Å². The SMILES string of the molecule is Nc1ccnc2c1ncn2[C@@H]1O[C@@H]2COP(O)(=S)O[C@@H]3[C@H](O)[C@@H](COP(O)(=S)O[C@H]2[C@@H]1F)O[C@H]3n1ccc(=O)c2nccn21. The monoisotopic (exact) mass is 691 g/mol. The number of ether oxygens (including phenoxy) is 2. The second-order valence-electron chi connectivity index (χ2n) is 10.1. The van der Waals surface area contributed by atoms with Crippen molar-refractivity contribution in [3.8, 4) is 0 Å². The van der Waals surface area contributed by atoms with Crippen molar-refractivity contribution in [2.75, 3.05) is 18.9 Å². The Morgan fingerprint density at radius 3 is 2.39 bits per heavy atom. The van der Waals surface area contributed by atoms with E-state index < -0.39 is 75.8 Å². The van der Waals surface area contributed by atoms with Gasteiger partial charge in [0.2, 0.25) is 5.43 Å². The van der Waals surface area contributed by atoms with Gasteiger partial charge in [-0.2, -0.15) is 0 Å². The van der Waals surface area contributed by atoms with Crippen molar-refractivity contribution in [2.45, 2.75) is 49.1 Å². The number of hydrogen-bond acceptors (Lipinski definition) is 14. The third-order valence-corrected chi connectivity index (χ3v) is 10.5. The van der Waals surface area contributed by atoms with Crippen LogP contribution >= 0.6 is 13.4 Å². The van der Waals surface area contributed by atoms with Crippen LogP contribution in [0.2, 0.25) is 0 Å². The van der Waals surface area contributed by atoms with Crippen LogP contribution in [0.15, 0.2) is 48.0 Å². The zero-order valence-electron chi connectivity index (χ0n) is 22.1. The van der Waals surface area contributed by atoms with Gasteiger partial charge in [-0.3, -0.25) is 23.1 Å². The first-order chi connectivity index (χ1) is 20.9. The number of hydrogen-bond donors (Lipinski definition) is 4. The second-order valence-corrected chi connectivity index (χ2v) is 15.7. The maximum Gasteiger partial charge on any atom is 0.325 e. The summed E-state index contributed by atoms with van der Waals surface area (Å²) in [6.45, 7) is -9.52. The molecule has 0 saturated carbocycles. The van der Waals surface area contributed by atoms with Crippen LogP contribution in [0.4, 0.5) is 10.1 Å². The molecule has 2 unspecified atom stereocenters. The summed E-state index contributed by atoms with van der Waals surface area (Å²) in [6, 6.07) is 2.77. The number of aliphatic hydroxyl groups is 1. The zero-order chi connectivity index (χ0) is 31.0. The van der Waals surface area contributed by atoms with Crippen LogP contribution < -0.4 is 11.2 Å². The molecule has 4 aromatic rings. The molecule has 3 saturated heterocycles. The summed E-state index contributed by atoms with van der Waals surface area (Å²) in [7, 11) is 0. The average Bonchev–Trinajstić information content (AvgIpc) is 3.75. The fraction of sp³-hybridized carbons (Fsp3) is 0.455. The summed E-state index contributed by atoms with van der Waals surface area (Å²) in [5, 5.41) is 11.1. The summed E-state index contributed by atoms with van der Waals surface area (Å²) in [5.74, 6) is 0. The summed E-state index contributed by atoms with van der Waals surface area (Å²) in [4.78, 5) is 46.7. The number of rotatable bonds is 2. The fourth-order valence-corrected chi connectivity index (χ4v) is 8.21. The molecule has 3 aliphatic rings. The quantitative estimate of drug-likeness (QED) is 0.208. The molecular formula is C22H24FN7O10P2S2. The van der Waals surface area contributed by atoms with Crippen LogP contribution in [0.1, 0.15) is 12.5 Å². The normalized spacial score (nSPS) is 38.3. The number of halogens is 1. The minimum Gasteiger partial charge on any atom is -0.397 e. The third kappa shape index (κ3) is 5.32. The topological polar surface area (TPSA) is 212 Å². The number of aliphatic hydroxyl groups excluding tert-OH is 1. The number of fused-ring (bicyclic) bond motifs is 5. The molecule has 2 bridgehead atoms. The van der Waals surface area contributed by atoms with Crippen LogP contribution in [-0.4, -0.2) is 93.5 Å². The predicted molar refractivity (Wildman–Crippen MR) is 155 cm³/mol. The summed E-state index contributed by atoms with van der Waals surface area (Å²) in [6.07, 6.45) is -4.52. The van der Waals surface area contributed by atoms with Gasteiger partial charge < -0.3 is 39.1 Å². The minimum absolute atomic E-state index is 0.0562. The molecule has 44 heavy (non-hydrogen) atoms. The first-order valence-electron chi connectivity index (χ1n) is 13.0. The van der Waals surface area contributed by atoms with Crippen molar-refractivity contribution in [3.63, 3.8) is 0 Å². The Hall–Kier alpha value is -2.29. The van der Waals surface area contributed by atoms with Crippen molar-refractivity contribution < 1.29 is 46.9 Å². The Bertz CT molecular complexity index is 1890. The Morgan fingerprint density at radius 2 is 1.61 bits per heavy atom. The Labute approximate surface area is 256 Å². The lowest BCUT2D eigenvalue weighted by molar-refractivity contribution is -0.0667. The highest BCUT2D eigenvalue weighted by molar-refractivity contribution is 8.07. The molecule has 7 rings (SSSR count). The lowest BCUT2D eigenvalue weighted by Gasteiger charge is -2.28. The van der Waals surface area contributed by atoms with Crippen LogP contribution in [0.3, 0.4) is 0 Å². The van der Waals surface area contributed by atoms with E-state index in [1.165, 1.54) is 57.0 Å². The van der Waals surface area contributed by atoms with Crippen molar-refractivity contribution in [1.82, 2.24) is 28.7 Å². The molecule has 10 atom stereocenters. The Balaban J connectivity index is 1.21. The molecule has 0 aliphatic carbocycles. The molecule has 3 aliphatic heterocycles. The highest BCUT2D eigenvalue weighted by Gasteiger charge is 2.53. The van der Waals surface area contributed by atoms with E-state index >= 15 is 4.39 Å². The highest BCUT2D eigenvalue weighted by Crippen LogP contribution is 2.54. The molecule has 0 aromatic carbocycles. The van der Waals surface area contributed by atoms with Crippen molar-refractivity contribution >= 4 is 59.5 Å². The van der Waals surface area contributed by atoms with Crippen molar-refractivity contribution in [3.05, 3.63) is 53.5 Å². The number of imidazole rings is 2. The number of nitrogens with zero attached hydrogens (tertiary/aromatic N) is 6. The predicted octanol–water partition coefficient (Wildman–Crippen LogP) is 0.268. The lowest BCUT2D eigenvalue weighted by Crippen LogP contribution is -2.36. The maximum atomic E-state index is 16.0. The van der Waals surface area contributed by atoms with E-state index in [4.69, 9.17) is 56.9 Å². The van der Waals surface area contributed by atoms with Gasteiger partial charge in [0.15, 0.2) is 29.9 Å². The van der Waals surface area contributed by atoms with Gasteiger partial charge in [0.05, 0.1) is 25.2 Å². The largest absolute Gasteiger partial charge is 0.397 e. The van der Waals surface area contributed by atoms with Crippen LogP contribution in [0.5, 0.6) is 0 Å². The number of alkyl halides is 1. The third-order valence-electron chi connectivity index (χ3n) is 7.39. The first kappa shape index (κ1) is 30.4. The van der Waals surface area contributed by atoms with Gasteiger partial charge in [0, 0.05) is 30.9 Å². The number of nitrogens with two attached hydrogens (primary N) is 1. The lowest BCUT2D eigenvalue weighted by atomic mass is 10.1. The van der Waals surface area contributed by atoms with E-state index in [0.29, 0.717) is 11.2 Å². The number of nitrogen functional groups attached to an aromatic ring is 1. The molecule has 4 aromatic heterocycles. The smallest absolute Gasteiger partial charge is 0.325 e. The Morgan fingerprint density at radius 1 is 0.932 bits per heavy atom. The summed E-state index contributed by atoms with van der Waals surface area (Å²) in [5.41, 5.74) is 6.50. The van der Waals surface area contributed by atoms with Gasteiger partial charge >= 0.3 is 13.4 Å². The van der Waals surface area contributed by atoms with Gasteiger partial charge in [-0.25, -0.2) is 23.9 Å². The molecule has 236 valence electrons. The molecule has 0 radical (unpaired) electrons. The molecule has 7 heterocycles. The van der Waals surface area contributed by atoms with Gasteiger partial charge in [0.25, 0.3) is 0 Å². The fourth-order valence-electron chi connectivity index (χ4n) is 5.36. The van der Waals surface area contributed by atoms with Gasteiger partial charge in [0.1, 0.15) is 36.0 Å². The Kier molecular flexibility index (Phi) is 7.73. The highest BCUT2D eigenvalue weighted by atomic mass is 32.5. The molecule has 3 fully saturated rings. The van der Waals surface area contributed by atoms with Crippen LogP contribution in [0.25, 0.3) is 16.8 Å². The molecule has 0 amide bonds. The number of pyridine rings is 1. The number of aromatic nitrogens is 6. The minimum atomic E-state index is -4.21. The van der Waals surface area contributed by atoms with E-state index in [2.05, 4.69) is 15.0 Å². The molecule has 17 nitrogen and oxygen atoms in total. The zero-order valence-corrected chi connectivity index (χ0v) is 25.5. The summed E-state index contributed by atoms with van der Waals surface area (Å²) >= 11 is 10.4. The van der Waals surface area contributed by atoms with E-state index in [9.17, 15) is 19.7 Å². The molecular weight excluding hydrogens is 667 g/mol. The van der Waals surface area contributed by atoms with Gasteiger partial charge in [-0.15, -0.1) is 0 Å².